The number of imidazole rings is 1. The minimum Gasteiger partial charge on any atom is -0.339 e. The largest absolute Gasteiger partial charge is 0.339 e. The van der Waals surface area contributed by atoms with Gasteiger partial charge in [0.25, 0.3) is 0 Å². The van der Waals surface area contributed by atoms with E-state index >= 15 is 0 Å². The highest BCUT2D eigenvalue weighted by atomic mass is 32.1. The van der Waals surface area contributed by atoms with Gasteiger partial charge in [0.05, 0.1) is 18.2 Å². The van der Waals surface area contributed by atoms with Crippen molar-refractivity contribution in [2.45, 2.75) is 33.2 Å². The van der Waals surface area contributed by atoms with Crippen LogP contribution in [-0.2, 0) is 11.2 Å². The van der Waals surface area contributed by atoms with Crippen LogP contribution < -0.4 is 0 Å². The number of fused-ring (bicyclic) bond motifs is 1. The topological polar surface area (TPSA) is 37.6 Å². The molecule has 3 aromatic rings. The number of amides is 1. The van der Waals surface area contributed by atoms with Gasteiger partial charge in [0.1, 0.15) is 0 Å². The fourth-order valence-corrected chi connectivity index (χ4v) is 3.63. The summed E-state index contributed by atoms with van der Waals surface area (Å²) in [6.07, 6.45) is 4.32. The molecule has 0 saturated carbocycles. The zero-order chi connectivity index (χ0) is 16.6. The first-order chi connectivity index (χ1) is 11.0. The summed E-state index contributed by atoms with van der Waals surface area (Å²) >= 11 is 1.64. The molecule has 2 aromatic heterocycles. The van der Waals surface area contributed by atoms with Crippen molar-refractivity contribution >= 4 is 22.2 Å². The van der Waals surface area contributed by atoms with Gasteiger partial charge in [-0.15, -0.1) is 11.3 Å². The predicted molar refractivity (Wildman–Crippen MR) is 93.9 cm³/mol. The maximum atomic E-state index is 12.6. The van der Waals surface area contributed by atoms with Gasteiger partial charge in [-0.3, -0.25) is 9.20 Å². The Morgan fingerprint density at radius 1 is 1.30 bits per heavy atom. The van der Waals surface area contributed by atoms with Gasteiger partial charge in [-0.2, -0.15) is 0 Å². The first-order valence-electron chi connectivity index (χ1n) is 7.71. The van der Waals surface area contributed by atoms with Gasteiger partial charge in [0.15, 0.2) is 4.96 Å². The summed E-state index contributed by atoms with van der Waals surface area (Å²) in [5, 5.41) is 0. The number of hydrogen-bond acceptors (Lipinski definition) is 3. The zero-order valence-electron chi connectivity index (χ0n) is 13.9. The van der Waals surface area contributed by atoms with E-state index in [1.807, 2.05) is 36.0 Å². The number of rotatable bonds is 4. The molecule has 1 atom stereocenters. The van der Waals surface area contributed by atoms with E-state index in [0.717, 1.165) is 10.7 Å². The first-order valence-corrected chi connectivity index (χ1v) is 8.52. The van der Waals surface area contributed by atoms with Crippen molar-refractivity contribution in [1.82, 2.24) is 14.3 Å². The van der Waals surface area contributed by atoms with E-state index in [1.165, 1.54) is 16.0 Å². The molecule has 0 spiro atoms. The van der Waals surface area contributed by atoms with Crippen LogP contribution in [0.4, 0.5) is 0 Å². The molecule has 0 fully saturated rings. The van der Waals surface area contributed by atoms with Crippen molar-refractivity contribution in [2.24, 2.45) is 0 Å². The third-order valence-corrected chi connectivity index (χ3v) is 5.18. The van der Waals surface area contributed by atoms with Crippen LogP contribution in [0.3, 0.4) is 0 Å². The number of nitrogens with zero attached hydrogens (tertiary/aromatic N) is 3. The number of thiazole rings is 1. The van der Waals surface area contributed by atoms with Gasteiger partial charge in [-0.25, -0.2) is 4.98 Å². The summed E-state index contributed by atoms with van der Waals surface area (Å²) in [4.78, 5) is 21.1. The summed E-state index contributed by atoms with van der Waals surface area (Å²) in [5.74, 6) is 0.0863. The van der Waals surface area contributed by atoms with Crippen LogP contribution in [0.2, 0.25) is 0 Å². The molecule has 5 heteroatoms. The van der Waals surface area contributed by atoms with Crippen molar-refractivity contribution in [3.05, 3.63) is 58.4 Å². The minimum absolute atomic E-state index is 0.0506. The van der Waals surface area contributed by atoms with E-state index in [9.17, 15) is 4.79 Å². The monoisotopic (exact) mass is 327 g/mol. The van der Waals surface area contributed by atoms with Gasteiger partial charge >= 0.3 is 0 Å². The van der Waals surface area contributed by atoms with Crippen LogP contribution in [0.25, 0.3) is 4.96 Å². The Kier molecular flexibility index (Phi) is 4.22. The van der Waals surface area contributed by atoms with Crippen LogP contribution in [-0.4, -0.2) is 27.2 Å². The highest BCUT2D eigenvalue weighted by Gasteiger charge is 2.20. The van der Waals surface area contributed by atoms with Crippen molar-refractivity contribution in [2.75, 3.05) is 7.05 Å². The van der Waals surface area contributed by atoms with Gasteiger partial charge in [0.2, 0.25) is 5.91 Å². The molecular weight excluding hydrogens is 306 g/mol. The lowest BCUT2D eigenvalue weighted by Gasteiger charge is -2.26. The number of hydrogen-bond donors (Lipinski definition) is 0. The number of carbonyl (C=O) groups is 1. The van der Waals surface area contributed by atoms with Crippen molar-refractivity contribution in [3.8, 4) is 0 Å². The molecule has 4 nitrogen and oxygen atoms in total. The van der Waals surface area contributed by atoms with E-state index in [0.29, 0.717) is 6.42 Å². The Labute approximate surface area is 140 Å². The van der Waals surface area contributed by atoms with E-state index in [4.69, 9.17) is 0 Å². The van der Waals surface area contributed by atoms with Gasteiger partial charge in [-0.05, 0) is 31.9 Å². The molecule has 23 heavy (non-hydrogen) atoms. The Hall–Kier alpha value is -2.14. The number of carbonyl (C=O) groups excluding carboxylic acids is 1. The van der Waals surface area contributed by atoms with Crippen molar-refractivity contribution in [3.63, 3.8) is 0 Å². The molecule has 0 aliphatic heterocycles. The summed E-state index contributed by atoms with van der Waals surface area (Å²) < 4.78 is 1.99. The van der Waals surface area contributed by atoms with Gasteiger partial charge in [-0.1, -0.05) is 24.3 Å². The lowest BCUT2D eigenvalue weighted by Crippen LogP contribution is -2.31. The second kappa shape index (κ2) is 6.16. The zero-order valence-corrected chi connectivity index (χ0v) is 14.7. The molecule has 1 amide bonds. The normalized spacial score (nSPS) is 12.5. The molecule has 0 radical (unpaired) electrons. The predicted octanol–water partition coefficient (Wildman–Crippen LogP) is 3.77. The third-order valence-electron chi connectivity index (χ3n) is 4.27. The fourth-order valence-electron chi connectivity index (χ4n) is 2.80. The van der Waals surface area contributed by atoms with Crippen LogP contribution in [0.15, 0.2) is 36.7 Å². The number of aromatic nitrogens is 2. The molecule has 0 aliphatic carbocycles. The molecule has 2 heterocycles. The highest BCUT2D eigenvalue weighted by Crippen LogP contribution is 2.23. The minimum atomic E-state index is 0.0506. The lowest BCUT2D eigenvalue weighted by molar-refractivity contribution is -0.131. The maximum absolute atomic E-state index is 12.6. The quantitative estimate of drug-likeness (QED) is 0.731. The number of likely N-dealkylation sites (N-methyl/N-ethyl adjacent to an activating group) is 1. The second-order valence-corrected chi connectivity index (χ2v) is 7.19. The molecule has 0 saturated heterocycles. The maximum Gasteiger partial charge on any atom is 0.228 e. The number of benzene rings is 1. The molecule has 1 unspecified atom stereocenters. The second-order valence-electron chi connectivity index (χ2n) is 5.98. The highest BCUT2D eigenvalue weighted by molar-refractivity contribution is 7.16. The first kappa shape index (κ1) is 15.7. The Bertz CT molecular complexity index is 817. The molecular formula is C18H21N3OS. The SMILES string of the molecule is Cc1cn2cc(CC(=O)N(C)C(C)c3ccccc3C)nc2s1. The lowest BCUT2D eigenvalue weighted by atomic mass is 10.0. The summed E-state index contributed by atoms with van der Waals surface area (Å²) in [5.41, 5.74) is 3.22. The summed E-state index contributed by atoms with van der Waals surface area (Å²) in [6.45, 7) is 6.20. The molecule has 0 aliphatic rings. The standard InChI is InChI=1S/C18H21N3OS/c1-12-7-5-6-8-16(12)14(3)20(4)17(22)9-15-11-21-10-13(2)23-18(21)19-15/h5-8,10-11,14H,9H2,1-4H3. The van der Waals surface area contributed by atoms with Crippen LogP contribution in [0, 0.1) is 13.8 Å². The Balaban J connectivity index is 1.74. The number of aryl methyl sites for hydroxylation is 2. The molecule has 3 rings (SSSR count). The van der Waals surface area contributed by atoms with E-state index in [-0.39, 0.29) is 11.9 Å². The van der Waals surface area contributed by atoms with Gasteiger partial charge < -0.3 is 4.90 Å². The van der Waals surface area contributed by atoms with Gasteiger partial charge in [0, 0.05) is 24.3 Å². The van der Waals surface area contributed by atoms with Crippen LogP contribution >= 0.6 is 11.3 Å². The summed E-state index contributed by atoms with van der Waals surface area (Å²) in [7, 11) is 1.86. The summed E-state index contributed by atoms with van der Waals surface area (Å²) in [6, 6.07) is 8.25. The van der Waals surface area contributed by atoms with Crippen LogP contribution in [0.5, 0.6) is 0 Å². The van der Waals surface area contributed by atoms with Crippen molar-refractivity contribution < 1.29 is 4.79 Å². The fraction of sp³-hybridized carbons (Fsp3) is 0.333. The van der Waals surface area contributed by atoms with E-state index < -0.39 is 0 Å². The molecule has 0 bridgehead atoms. The molecule has 1 aromatic carbocycles. The van der Waals surface area contributed by atoms with Crippen LogP contribution in [0.1, 0.15) is 34.7 Å². The average molecular weight is 327 g/mol. The average Bonchev–Trinajstić information content (AvgIpc) is 3.02. The Morgan fingerprint density at radius 3 is 2.74 bits per heavy atom. The van der Waals surface area contributed by atoms with E-state index in [1.54, 1.807) is 16.2 Å². The van der Waals surface area contributed by atoms with E-state index in [2.05, 4.69) is 37.9 Å². The smallest absolute Gasteiger partial charge is 0.228 e. The third kappa shape index (κ3) is 3.15. The Morgan fingerprint density at radius 2 is 2.04 bits per heavy atom. The molecule has 120 valence electrons. The molecule has 0 N–H and O–H groups in total. The van der Waals surface area contributed by atoms with Crippen molar-refractivity contribution in [1.29, 1.82) is 0 Å².